The summed E-state index contributed by atoms with van der Waals surface area (Å²) in [6, 6.07) is 3.84. The molecule has 0 heterocycles. The summed E-state index contributed by atoms with van der Waals surface area (Å²) in [5.41, 5.74) is 9.47. The van der Waals surface area contributed by atoms with E-state index in [2.05, 4.69) is 0 Å². The lowest BCUT2D eigenvalue weighted by Crippen LogP contribution is -2.12. The van der Waals surface area contributed by atoms with Gasteiger partial charge in [0.25, 0.3) is 0 Å². The number of carbonyl (C=O) groups excluding carboxylic acids is 1. The topological polar surface area (TPSA) is 52.3 Å². The van der Waals surface area contributed by atoms with Gasteiger partial charge in [-0.3, -0.25) is 0 Å². The largest absolute Gasteiger partial charge is 0.462 e. The molecule has 1 aliphatic carbocycles. The number of hydrogen-bond donors (Lipinski definition) is 1. The lowest BCUT2D eigenvalue weighted by Gasteiger charge is -2.17. The Balaban J connectivity index is 2.35. The van der Waals surface area contributed by atoms with Gasteiger partial charge in [0.1, 0.15) is 0 Å². The number of aryl methyl sites for hydroxylation is 2. The summed E-state index contributed by atoms with van der Waals surface area (Å²) in [6.45, 7) is 2.18. The molecule has 86 valence electrons. The normalized spacial score (nSPS) is 14.3. The predicted molar refractivity (Wildman–Crippen MR) is 63.5 cm³/mol. The number of benzene rings is 1. The molecule has 2 N–H and O–H groups in total. The van der Waals surface area contributed by atoms with Gasteiger partial charge in [-0.1, -0.05) is 0 Å². The molecular formula is C13H17NO2. The predicted octanol–water partition coefficient (Wildman–Crippen LogP) is 2.32. The first-order valence-electron chi connectivity index (χ1n) is 5.80. The average molecular weight is 219 g/mol. The van der Waals surface area contributed by atoms with Crippen LogP contribution < -0.4 is 5.73 Å². The first-order chi connectivity index (χ1) is 7.72. The minimum Gasteiger partial charge on any atom is -0.462 e. The first kappa shape index (κ1) is 11.0. The number of hydrogen-bond acceptors (Lipinski definition) is 3. The van der Waals surface area contributed by atoms with Gasteiger partial charge in [0.15, 0.2) is 0 Å². The summed E-state index contributed by atoms with van der Waals surface area (Å²) in [4.78, 5) is 11.6. The van der Waals surface area contributed by atoms with Crippen molar-refractivity contribution in [3.63, 3.8) is 0 Å². The van der Waals surface area contributed by atoms with E-state index in [4.69, 9.17) is 10.5 Å². The highest BCUT2D eigenvalue weighted by Gasteiger charge is 2.16. The third-order valence-corrected chi connectivity index (χ3v) is 3.01. The van der Waals surface area contributed by atoms with Crippen molar-refractivity contribution in [1.82, 2.24) is 0 Å². The Morgan fingerprint density at radius 2 is 1.94 bits per heavy atom. The molecule has 0 spiro atoms. The maximum Gasteiger partial charge on any atom is 0.340 e. The van der Waals surface area contributed by atoms with Crippen LogP contribution in [-0.2, 0) is 17.6 Å². The molecule has 0 fully saturated rings. The van der Waals surface area contributed by atoms with Crippen molar-refractivity contribution in [3.8, 4) is 0 Å². The minimum absolute atomic E-state index is 0.312. The van der Waals surface area contributed by atoms with Gasteiger partial charge in [0, 0.05) is 5.69 Å². The summed E-state index contributed by atoms with van der Waals surface area (Å²) in [5, 5.41) is 0. The molecule has 2 rings (SSSR count). The van der Waals surface area contributed by atoms with Gasteiger partial charge in [-0.15, -0.1) is 0 Å². The Labute approximate surface area is 95.6 Å². The monoisotopic (exact) mass is 219 g/mol. The number of nitrogen functional groups attached to an aromatic ring is 1. The van der Waals surface area contributed by atoms with E-state index in [1.807, 2.05) is 12.1 Å². The Bertz CT molecular complexity index is 413. The Morgan fingerprint density at radius 3 is 2.56 bits per heavy atom. The number of ether oxygens (including phenoxy) is 1. The van der Waals surface area contributed by atoms with Crippen molar-refractivity contribution in [3.05, 3.63) is 28.8 Å². The highest BCUT2D eigenvalue weighted by atomic mass is 16.5. The number of nitrogens with two attached hydrogens (primary N) is 1. The van der Waals surface area contributed by atoms with E-state index in [1.165, 1.54) is 24.0 Å². The second-order valence-electron chi connectivity index (χ2n) is 4.14. The smallest absolute Gasteiger partial charge is 0.340 e. The molecule has 0 amide bonds. The molecule has 0 aliphatic heterocycles. The zero-order valence-corrected chi connectivity index (χ0v) is 9.58. The summed E-state index contributed by atoms with van der Waals surface area (Å²) in [5.74, 6) is -0.312. The minimum atomic E-state index is -0.312. The lowest BCUT2D eigenvalue weighted by molar-refractivity contribution is 0.0527. The Kier molecular flexibility index (Phi) is 3.13. The van der Waals surface area contributed by atoms with E-state index >= 15 is 0 Å². The second-order valence-corrected chi connectivity index (χ2v) is 4.14. The SMILES string of the molecule is CCOC(=O)c1cc2c(cc1N)CCCC2. The Morgan fingerprint density at radius 1 is 1.31 bits per heavy atom. The molecule has 0 saturated carbocycles. The molecule has 0 atom stereocenters. The quantitative estimate of drug-likeness (QED) is 0.613. The number of fused-ring (bicyclic) bond motifs is 1. The van der Waals surface area contributed by atoms with Crippen LogP contribution in [-0.4, -0.2) is 12.6 Å². The number of rotatable bonds is 2. The van der Waals surface area contributed by atoms with Crippen molar-refractivity contribution in [2.24, 2.45) is 0 Å². The fourth-order valence-corrected chi connectivity index (χ4v) is 2.19. The van der Waals surface area contributed by atoms with E-state index in [0.29, 0.717) is 17.9 Å². The molecular weight excluding hydrogens is 202 g/mol. The first-order valence-corrected chi connectivity index (χ1v) is 5.80. The van der Waals surface area contributed by atoms with E-state index < -0.39 is 0 Å². The number of carbonyl (C=O) groups is 1. The van der Waals surface area contributed by atoms with Crippen LogP contribution in [0.3, 0.4) is 0 Å². The fourth-order valence-electron chi connectivity index (χ4n) is 2.19. The van der Waals surface area contributed by atoms with Gasteiger partial charge in [-0.2, -0.15) is 0 Å². The van der Waals surface area contributed by atoms with Crippen LogP contribution in [0.15, 0.2) is 12.1 Å². The highest BCUT2D eigenvalue weighted by molar-refractivity contribution is 5.95. The highest BCUT2D eigenvalue weighted by Crippen LogP contribution is 2.26. The summed E-state index contributed by atoms with van der Waals surface area (Å²) in [6.07, 6.45) is 4.52. The van der Waals surface area contributed by atoms with Crippen molar-refractivity contribution >= 4 is 11.7 Å². The molecule has 0 aromatic heterocycles. The summed E-state index contributed by atoms with van der Waals surface area (Å²) in [7, 11) is 0. The fraction of sp³-hybridized carbons (Fsp3) is 0.462. The van der Waals surface area contributed by atoms with Crippen molar-refractivity contribution in [2.45, 2.75) is 32.6 Å². The Hall–Kier alpha value is -1.51. The van der Waals surface area contributed by atoms with Gasteiger partial charge in [-0.05, 0) is 55.9 Å². The van der Waals surface area contributed by atoms with Gasteiger partial charge >= 0.3 is 5.97 Å². The number of anilines is 1. The van der Waals surface area contributed by atoms with Crippen molar-refractivity contribution in [1.29, 1.82) is 0 Å². The molecule has 0 saturated heterocycles. The zero-order valence-electron chi connectivity index (χ0n) is 9.58. The maximum atomic E-state index is 11.6. The molecule has 1 aromatic rings. The molecule has 0 unspecified atom stereocenters. The van der Waals surface area contributed by atoms with Crippen LogP contribution in [0.25, 0.3) is 0 Å². The molecule has 3 nitrogen and oxygen atoms in total. The standard InChI is InChI=1S/C13H17NO2/c1-2-16-13(15)11-7-9-5-3-4-6-10(9)8-12(11)14/h7-8H,2-6,14H2,1H3. The lowest BCUT2D eigenvalue weighted by atomic mass is 9.89. The van der Waals surface area contributed by atoms with Crippen LogP contribution in [0.5, 0.6) is 0 Å². The third-order valence-electron chi connectivity index (χ3n) is 3.01. The maximum absolute atomic E-state index is 11.6. The third kappa shape index (κ3) is 2.03. The summed E-state index contributed by atoms with van der Waals surface area (Å²) >= 11 is 0. The molecule has 0 bridgehead atoms. The van der Waals surface area contributed by atoms with E-state index in [-0.39, 0.29) is 5.97 Å². The van der Waals surface area contributed by atoms with Gasteiger partial charge in [0.05, 0.1) is 12.2 Å². The van der Waals surface area contributed by atoms with Crippen LogP contribution in [0.1, 0.15) is 41.3 Å². The number of esters is 1. The van der Waals surface area contributed by atoms with Crippen LogP contribution in [0, 0.1) is 0 Å². The van der Waals surface area contributed by atoms with Crippen LogP contribution >= 0.6 is 0 Å². The zero-order chi connectivity index (χ0) is 11.5. The van der Waals surface area contributed by atoms with E-state index in [1.54, 1.807) is 6.92 Å². The van der Waals surface area contributed by atoms with Crippen molar-refractivity contribution < 1.29 is 9.53 Å². The van der Waals surface area contributed by atoms with Crippen molar-refractivity contribution in [2.75, 3.05) is 12.3 Å². The molecule has 0 radical (unpaired) electrons. The average Bonchev–Trinajstić information content (AvgIpc) is 2.28. The van der Waals surface area contributed by atoms with Gasteiger partial charge in [0.2, 0.25) is 0 Å². The van der Waals surface area contributed by atoms with Gasteiger partial charge < -0.3 is 10.5 Å². The second kappa shape index (κ2) is 4.56. The molecule has 1 aliphatic rings. The van der Waals surface area contributed by atoms with Crippen LogP contribution in [0.4, 0.5) is 5.69 Å². The van der Waals surface area contributed by atoms with Crippen LogP contribution in [0.2, 0.25) is 0 Å². The molecule has 1 aromatic carbocycles. The molecule has 3 heteroatoms. The van der Waals surface area contributed by atoms with E-state index in [9.17, 15) is 4.79 Å². The molecule has 16 heavy (non-hydrogen) atoms. The van der Waals surface area contributed by atoms with E-state index in [0.717, 1.165) is 12.8 Å². The van der Waals surface area contributed by atoms with Gasteiger partial charge in [-0.25, -0.2) is 4.79 Å². The summed E-state index contributed by atoms with van der Waals surface area (Å²) < 4.78 is 4.98.